The number of halogens is 1. The van der Waals surface area contributed by atoms with E-state index in [1.54, 1.807) is 6.07 Å². The summed E-state index contributed by atoms with van der Waals surface area (Å²) >= 11 is 6.08. The lowest BCUT2D eigenvalue weighted by Crippen LogP contribution is -2.45. The molecule has 1 aliphatic rings. The summed E-state index contributed by atoms with van der Waals surface area (Å²) < 4.78 is 0. The molecule has 0 amide bonds. The van der Waals surface area contributed by atoms with E-state index in [2.05, 4.69) is 24.1 Å². The van der Waals surface area contributed by atoms with E-state index in [9.17, 15) is 5.11 Å². The number of phenols is 1. The van der Waals surface area contributed by atoms with Gasteiger partial charge in [0.2, 0.25) is 0 Å². The van der Waals surface area contributed by atoms with Gasteiger partial charge in [0, 0.05) is 32.2 Å². The van der Waals surface area contributed by atoms with E-state index in [1.165, 1.54) is 12.0 Å². The first-order chi connectivity index (χ1) is 9.58. The predicted octanol–water partition coefficient (Wildman–Crippen LogP) is 3.43. The average Bonchev–Trinajstić information content (AvgIpc) is 2.44. The summed E-state index contributed by atoms with van der Waals surface area (Å²) in [6.45, 7) is 8.76. The highest BCUT2D eigenvalue weighted by Crippen LogP contribution is 2.32. The van der Waals surface area contributed by atoms with Crippen LogP contribution < -0.4 is 5.32 Å². The third-order valence-corrected chi connectivity index (χ3v) is 4.27. The van der Waals surface area contributed by atoms with Gasteiger partial charge in [-0.2, -0.15) is 0 Å². The average molecular weight is 297 g/mol. The van der Waals surface area contributed by atoms with Crippen LogP contribution in [0.2, 0.25) is 5.02 Å². The zero-order chi connectivity index (χ0) is 14.5. The van der Waals surface area contributed by atoms with Crippen molar-refractivity contribution in [3.63, 3.8) is 0 Å². The Morgan fingerprint density at radius 2 is 1.95 bits per heavy atom. The minimum absolute atomic E-state index is 0.165. The summed E-state index contributed by atoms with van der Waals surface area (Å²) in [4.78, 5) is 2.53. The van der Waals surface area contributed by atoms with Crippen LogP contribution in [0.5, 0.6) is 5.75 Å². The second-order valence-corrected chi connectivity index (χ2v) is 6.39. The Bertz CT molecular complexity index is 430. The van der Waals surface area contributed by atoms with Gasteiger partial charge in [-0.05, 0) is 36.5 Å². The van der Waals surface area contributed by atoms with Crippen LogP contribution in [0.1, 0.15) is 38.3 Å². The first kappa shape index (κ1) is 15.6. The first-order valence-corrected chi connectivity index (χ1v) is 7.89. The van der Waals surface area contributed by atoms with E-state index in [0.717, 1.165) is 32.6 Å². The predicted molar refractivity (Wildman–Crippen MR) is 84.4 cm³/mol. The molecule has 0 aromatic heterocycles. The molecule has 0 spiro atoms. The fourth-order valence-corrected chi connectivity index (χ4v) is 2.96. The molecule has 0 saturated carbocycles. The standard InChI is InChI=1S/C16H25ClN2O/c1-12(2)3-5-15(19-9-7-18-8-10-19)13-4-6-16(20)14(17)11-13/h4,6,11-12,15,18,20H,3,5,7-10H2,1-2H3/t15-/m1/s1. The molecule has 1 aromatic carbocycles. The maximum Gasteiger partial charge on any atom is 0.134 e. The van der Waals surface area contributed by atoms with Gasteiger partial charge < -0.3 is 10.4 Å². The topological polar surface area (TPSA) is 35.5 Å². The van der Waals surface area contributed by atoms with Gasteiger partial charge in [-0.15, -0.1) is 0 Å². The van der Waals surface area contributed by atoms with Crippen LogP contribution in [0, 0.1) is 5.92 Å². The molecule has 2 rings (SSSR count). The number of aromatic hydroxyl groups is 1. The number of benzene rings is 1. The fraction of sp³-hybridized carbons (Fsp3) is 0.625. The van der Waals surface area contributed by atoms with Crippen molar-refractivity contribution in [1.82, 2.24) is 10.2 Å². The van der Waals surface area contributed by atoms with E-state index in [-0.39, 0.29) is 5.75 Å². The highest BCUT2D eigenvalue weighted by molar-refractivity contribution is 6.32. The Hall–Kier alpha value is -0.770. The van der Waals surface area contributed by atoms with Gasteiger partial charge >= 0.3 is 0 Å². The number of hydrogen-bond donors (Lipinski definition) is 2. The second-order valence-electron chi connectivity index (χ2n) is 5.98. The van der Waals surface area contributed by atoms with Crippen LogP contribution in [0.4, 0.5) is 0 Å². The van der Waals surface area contributed by atoms with Crippen LogP contribution in [0.15, 0.2) is 18.2 Å². The Morgan fingerprint density at radius 1 is 1.25 bits per heavy atom. The lowest BCUT2D eigenvalue weighted by molar-refractivity contribution is 0.160. The minimum Gasteiger partial charge on any atom is -0.506 e. The normalized spacial score (nSPS) is 18.4. The zero-order valence-electron chi connectivity index (χ0n) is 12.4. The summed E-state index contributed by atoms with van der Waals surface area (Å²) in [6, 6.07) is 6.04. The maximum absolute atomic E-state index is 9.60. The largest absolute Gasteiger partial charge is 0.506 e. The summed E-state index contributed by atoms with van der Waals surface area (Å²) in [7, 11) is 0. The fourth-order valence-electron chi connectivity index (χ4n) is 2.78. The van der Waals surface area contributed by atoms with Gasteiger partial charge in [0.1, 0.15) is 5.75 Å². The molecule has 1 aliphatic heterocycles. The molecule has 1 heterocycles. The van der Waals surface area contributed by atoms with Crippen molar-refractivity contribution in [1.29, 1.82) is 0 Å². The molecule has 1 saturated heterocycles. The van der Waals surface area contributed by atoms with Crippen molar-refractivity contribution in [2.24, 2.45) is 5.92 Å². The van der Waals surface area contributed by atoms with Gasteiger partial charge in [-0.1, -0.05) is 31.5 Å². The lowest BCUT2D eigenvalue weighted by Gasteiger charge is -2.35. The van der Waals surface area contributed by atoms with Crippen molar-refractivity contribution >= 4 is 11.6 Å². The zero-order valence-corrected chi connectivity index (χ0v) is 13.2. The molecule has 0 aliphatic carbocycles. The number of rotatable bonds is 5. The molecule has 0 radical (unpaired) electrons. The van der Waals surface area contributed by atoms with Gasteiger partial charge in [0.25, 0.3) is 0 Å². The van der Waals surface area contributed by atoms with E-state index >= 15 is 0 Å². The van der Waals surface area contributed by atoms with Crippen molar-refractivity contribution in [3.05, 3.63) is 28.8 Å². The number of nitrogens with one attached hydrogen (secondary N) is 1. The van der Waals surface area contributed by atoms with Gasteiger partial charge in [-0.25, -0.2) is 0 Å². The Kier molecular flexibility index (Phi) is 5.70. The lowest BCUT2D eigenvalue weighted by atomic mass is 9.95. The molecule has 1 aromatic rings. The van der Waals surface area contributed by atoms with Crippen molar-refractivity contribution in [2.45, 2.75) is 32.7 Å². The third-order valence-electron chi connectivity index (χ3n) is 3.97. The van der Waals surface area contributed by atoms with E-state index < -0.39 is 0 Å². The summed E-state index contributed by atoms with van der Waals surface area (Å²) in [5, 5.41) is 13.4. The van der Waals surface area contributed by atoms with Gasteiger partial charge in [0.05, 0.1) is 5.02 Å². The maximum atomic E-state index is 9.60. The molecule has 3 nitrogen and oxygen atoms in total. The first-order valence-electron chi connectivity index (χ1n) is 7.51. The third kappa shape index (κ3) is 4.11. The van der Waals surface area contributed by atoms with Crippen LogP contribution in [0.3, 0.4) is 0 Å². The van der Waals surface area contributed by atoms with E-state index in [0.29, 0.717) is 17.0 Å². The number of nitrogens with zero attached hydrogens (tertiary/aromatic N) is 1. The molecular weight excluding hydrogens is 272 g/mol. The molecule has 112 valence electrons. The SMILES string of the molecule is CC(C)CC[C@H](c1ccc(O)c(Cl)c1)N1CCNCC1. The van der Waals surface area contributed by atoms with Gasteiger partial charge in [-0.3, -0.25) is 4.90 Å². The monoisotopic (exact) mass is 296 g/mol. The molecule has 20 heavy (non-hydrogen) atoms. The van der Waals surface area contributed by atoms with Crippen molar-refractivity contribution in [2.75, 3.05) is 26.2 Å². The number of hydrogen-bond acceptors (Lipinski definition) is 3. The summed E-state index contributed by atoms with van der Waals surface area (Å²) in [6.07, 6.45) is 2.34. The van der Waals surface area contributed by atoms with Crippen LogP contribution in [-0.4, -0.2) is 36.2 Å². The van der Waals surface area contributed by atoms with Crippen molar-refractivity contribution < 1.29 is 5.11 Å². The molecule has 0 bridgehead atoms. The number of piperazine rings is 1. The van der Waals surface area contributed by atoms with Crippen LogP contribution in [0.25, 0.3) is 0 Å². The van der Waals surface area contributed by atoms with Gasteiger partial charge in [0.15, 0.2) is 0 Å². The molecule has 1 atom stereocenters. The smallest absolute Gasteiger partial charge is 0.134 e. The van der Waals surface area contributed by atoms with Crippen molar-refractivity contribution in [3.8, 4) is 5.75 Å². The second kappa shape index (κ2) is 7.30. The summed E-state index contributed by atoms with van der Waals surface area (Å²) in [5.41, 5.74) is 1.22. The summed E-state index contributed by atoms with van der Waals surface area (Å²) in [5.74, 6) is 0.867. The Morgan fingerprint density at radius 3 is 2.55 bits per heavy atom. The molecule has 1 fully saturated rings. The molecule has 0 unspecified atom stereocenters. The van der Waals surface area contributed by atoms with E-state index in [1.807, 2.05) is 12.1 Å². The Labute approximate surface area is 126 Å². The molecule has 4 heteroatoms. The van der Waals surface area contributed by atoms with Crippen LogP contribution in [-0.2, 0) is 0 Å². The molecular formula is C16H25ClN2O. The van der Waals surface area contributed by atoms with E-state index in [4.69, 9.17) is 11.6 Å². The Balaban J connectivity index is 2.17. The number of phenolic OH excluding ortho intramolecular Hbond substituents is 1. The quantitative estimate of drug-likeness (QED) is 0.874. The van der Waals surface area contributed by atoms with Crippen LogP contribution >= 0.6 is 11.6 Å². The highest BCUT2D eigenvalue weighted by Gasteiger charge is 2.22. The molecule has 2 N–H and O–H groups in total. The highest BCUT2D eigenvalue weighted by atomic mass is 35.5. The minimum atomic E-state index is 0.165.